The molecule has 3 aromatic rings. The van der Waals surface area contributed by atoms with Gasteiger partial charge in [-0.2, -0.15) is 0 Å². The van der Waals surface area contributed by atoms with Crippen LogP contribution in [0, 0.1) is 0 Å². The summed E-state index contributed by atoms with van der Waals surface area (Å²) >= 11 is 0. The Balaban J connectivity index is 1.73. The van der Waals surface area contributed by atoms with Crippen LogP contribution in [0.25, 0.3) is 0 Å². The molecule has 3 rings (SSSR count). The number of hydrogen-bond donors (Lipinski definition) is 3. The van der Waals surface area contributed by atoms with Crippen molar-refractivity contribution >= 4 is 28.7 Å². The van der Waals surface area contributed by atoms with Gasteiger partial charge in [0.1, 0.15) is 12.0 Å². The summed E-state index contributed by atoms with van der Waals surface area (Å²) in [6, 6.07) is 12.1. The van der Waals surface area contributed by atoms with Crippen LogP contribution in [0.15, 0.2) is 55.1 Å². The molecule has 4 N–H and O–H groups in total. The van der Waals surface area contributed by atoms with Gasteiger partial charge in [-0.3, -0.25) is 4.98 Å². The third kappa shape index (κ3) is 4.44. The van der Waals surface area contributed by atoms with E-state index in [1.807, 2.05) is 24.3 Å². The van der Waals surface area contributed by atoms with E-state index in [4.69, 9.17) is 5.73 Å². The van der Waals surface area contributed by atoms with Crippen molar-refractivity contribution in [2.45, 2.75) is 26.2 Å². The summed E-state index contributed by atoms with van der Waals surface area (Å²) in [5.74, 6) is 1.12. The first-order valence-electron chi connectivity index (χ1n) is 8.39. The second-order valence-corrected chi connectivity index (χ2v) is 5.78. The molecule has 0 bridgehead atoms. The zero-order chi connectivity index (χ0) is 17.5. The molecule has 0 atom stereocenters. The average Bonchev–Trinajstić information content (AvgIpc) is 2.65. The van der Waals surface area contributed by atoms with Crippen LogP contribution in [0.5, 0.6) is 0 Å². The number of hydrogen-bond acceptors (Lipinski definition) is 6. The van der Waals surface area contributed by atoms with Crippen molar-refractivity contribution < 1.29 is 0 Å². The normalized spacial score (nSPS) is 10.4. The fourth-order valence-corrected chi connectivity index (χ4v) is 2.44. The predicted octanol–water partition coefficient (Wildman–Crippen LogP) is 4.28. The van der Waals surface area contributed by atoms with Crippen LogP contribution >= 0.6 is 0 Å². The Bertz CT molecular complexity index is 802. The molecule has 0 amide bonds. The van der Waals surface area contributed by atoms with Gasteiger partial charge in [0.2, 0.25) is 0 Å². The first kappa shape index (κ1) is 16.7. The van der Waals surface area contributed by atoms with Gasteiger partial charge in [-0.1, -0.05) is 25.5 Å². The van der Waals surface area contributed by atoms with Gasteiger partial charge >= 0.3 is 0 Å². The van der Waals surface area contributed by atoms with Crippen molar-refractivity contribution in [2.24, 2.45) is 0 Å². The highest BCUT2D eigenvalue weighted by atomic mass is 15.1. The van der Waals surface area contributed by atoms with Crippen molar-refractivity contribution in [3.63, 3.8) is 0 Å². The largest absolute Gasteiger partial charge is 0.393 e. The maximum Gasteiger partial charge on any atom is 0.159 e. The number of aromatic nitrogens is 3. The minimum Gasteiger partial charge on any atom is -0.393 e. The molecule has 0 aliphatic carbocycles. The standard InChI is InChI=1S/C19H22N6/c1-2-3-5-14-7-9-15(10-8-14)24-18-17(20)19(23-13-22-18)25-16-6-4-11-21-12-16/h4,6-13H,2-3,5,20H2,1H3,(H2,22,23,24,25). The summed E-state index contributed by atoms with van der Waals surface area (Å²) in [5, 5.41) is 6.40. The summed E-state index contributed by atoms with van der Waals surface area (Å²) in [6.07, 6.45) is 8.41. The summed E-state index contributed by atoms with van der Waals surface area (Å²) < 4.78 is 0. The molecule has 0 spiro atoms. The topological polar surface area (TPSA) is 88.8 Å². The van der Waals surface area contributed by atoms with Crippen molar-refractivity contribution in [1.82, 2.24) is 15.0 Å². The molecule has 0 unspecified atom stereocenters. The Morgan fingerprint density at radius 2 is 1.68 bits per heavy atom. The number of benzene rings is 1. The Morgan fingerprint density at radius 1 is 0.960 bits per heavy atom. The number of anilines is 5. The molecule has 2 aromatic heterocycles. The highest BCUT2D eigenvalue weighted by Gasteiger charge is 2.09. The van der Waals surface area contributed by atoms with E-state index in [1.165, 1.54) is 24.7 Å². The van der Waals surface area contributed by atoms with E-state index in [9.17, 15) is 0 Å². The lowest BCUT2D eigenvalue weighted by molar-refractivity contribution is 0.795. The minimum absolute atomic E-state index is 0.460. The maximum atomic E-state index is 6.20. The van der Waals surface area contributed by atoms with E-state index >= 15 is 0 Å². The number of nitrogens with one attached hydrogen (secondary N) is 2. The van der Waals surface area contributed by atoms with E-state index < -0.39 is 0 Å². The number of nitrogen functional groups attached to an aromatic ring is 1. The van der Waals surface area contributed by atoms with Crippen LogP contribution in [-0.4, -0.2) is 15.0 Å². The molecule has 0 saturated carbocycles. The Labute approximate surface area is 147 Å². The van der Waals surface area contributed by atoms with E-state index in [2.05, 4.69) is 44.6 Å². The number of rotatable bonds is 7. The smallest absolute Gasteiger partial charge is 0.159 e. The van der Waals surface area contributed by atoms with E-state index in [0.29, 0.717) is 17.3 Å². The molecule has 0 radical (unpaired) electrons. The van der Waals surface area contributed by atoms with Crippen LogP contribution < -0.4 is 16.4 Å². The number of aryl methyl sites for hydroxylation is 1. The second kappa shape index (κ2) is 8.10. The van der Waals surface area contributed by atoms with Gasteiger partial charge in [-0.15, -0.1) is 0 Å². The van der Waals surface area contributed by atoms with Crippen molar-refractivity contribution in [2.75, 3.05) is 16.4 Å². The molecule has 6 heteroatoms. The quantitative estimate of drug-likeness (QED) is 0.597. The highest BCUT2D eigenvalue weighted by molar-refractivity contribution is 5.80. The third-order valence-corrected chi connectivity index (χ3v) is 3.84. The molecule has 128 valence electrons. The van der Waals surface area contributed by atoms with E-state index in [1.54, 1.807) is 12.4 Å². The van der Waals surface area contributed by atoms with Crippen molar-refractivity contribution in [1.29, 1.82) is 0 Å². The SMILES string of the molecule is CCCCc1ccc(Nc2ncnc(Nc3cccnc3)c2N)cc1. The van der Waals surface area contributed by atoms with Crippen LogP contribution in [0.3, 0.4) is 0 Å². The summed E-state index contributed by atoms with van der Waals surface area (Å²) in [4.78, 5) is 12.5. The summed E-state index contributed by atoms with van der Waals surface area (Å²) in [5.41, 5.74) is 9.76. The molecule has 0 aliphatic heterocycles. The Hall–Kier alpha value is -3.15. The summed E-state index contributed by atoms with van der Waals surface area (Å²) in [7, 11) is 0. The van der Waals surface area contributed by atoms with Gasteiger partial charge in [-0.25, -0.2) is 9.97 Å². The van der Waals surface area contributed by atoms with E-state index in [0.717, 1.165) is 17.8 Å². The molecule has 6 nitrogen and oxygen atoms in total. The van der Waals surface area contributed by atoms with E-state index in [-0.39, 0.29) is 0 Å². The van der Waals surface area contributed by atoms with Gasteiger partial charge in [-0.05, 0) is 42.7 Å². The number of nitrogens with two attached hydrogens (primary N) is 1. The van der Waals surface area contributed by atoms with Gasteiger partial charge in [0, 0.05) is 11.9 Å². The average molecular weight is 334 g/mol. The first-order valence-corrected chi connectivity index (χ1v) is 8.39. The lowest BCUT2D eigenvalue weighted by Crippen LogP contribution is -2.05. The lowest BCUT2D eigenvalue weighted by Gasteiger charge is -2.12. The van der Waals surface area contributed by atoms with Crippen LogP contribution in [0.1, 0.15) is 25.3 Å². The van der Waals surface area contributed by atoms with Crippen molar-refractivity contribution in [3.05, 3.63) is 60.7 Å². The maximum absolute atomic E-state index is 6.20. The van der Waals surface area contributed by atoms with Gasteiger partial charge in [0.15, 0.2) is 11.6 Å². The zero-order valence-corrected chi connectivity index (χ0v) is 14.2. The molecule has 0 fully saturated rings. The zero-order valence-electron chi connectivity index (χ0n) is 14.2. The van der Waals surface area contributed by atoms with Crippen LogP contribution in [0.2, 0.25) is 0 Å². The first-order chi connectivity index (χ1) is 12.3. The monoisotopic (exact) mass is 334 g/mol. The highest BCUT2D eigenvalue weighted by Crippen LogP contribution is 2.27. The van der Waals surface area contributed by atoms with Gasteiger partial charge in [0.05, 0.1) is 11.9 Å². The molecule has 1 aromatic carbocycles. The molecule has 0 saturated heterocycles. The minimum atomic E-state index is 0.460. The van der Waals surface area contributed by atoms with Crippen LogP contribution in [-0.2, 0) is 6.42 Å². The van der Waals surface area contributed by atoms with Gasteiger partial charge in [0.25, 0.3) is 0 Å². The van der Waals surface area contributed by atoms with Gasteiger partial charge < -0.3 is 16.4 Å². The fraction of sp³-hybridized carbons (Fsp3) is 0.211. The van der Waals surface area contributed by atoms with Crippen LogP contribution in [0.4, 0.5) is 28.7 Å². The predicted molar refractivity (Wildman–Crippen MR) is 102 cm³/mol. The Kier molecular flexibility index (Phi) is 5.41. The van der Waals surface area contributed by atoms with Crippen molar-refractivity contribution in [3.8, 4) is 0 Å². The molecular formula is C19H22N6. The fourth-order valence-electron chi connectivity index (χ4n) is 2.44. The molecule has 25 heavy (non-hydrogen) atoms. The molecule has 2 heterocycles. The number of unbranched alkanes of at least 4 members (excludes halogenated alkanes) is 1. The summed E-state index contributed by atoms with van der Waals surface area (Å²) in [6.45, 7) is 2.20. The molecule has 0 aliphatic rings. The molecular weight excluding hydrogens is 312 g/mol. The second-order valence-electron chi connectivity index (χ2n) is 5.78. The lowest BCUT2D eigenvalue weighted by atomic mass is 10.1. The third-order valence-electron chi connectivity index (χ3n) is 3.84. The number of pyridine rings is 1. The number of nitrogens with zero attached hydrogens (tertiary/aromatic N) is 3. The Morgan fingerprint density at radius 3 is 2.32 bits per heavy atom.